The van der Waals surface area contributed by atoms with Crippen LogP contribution in [0.5, 0.6) is 0 Å². The van der Waals surface area contributed by atoms with Crippen LogP contribution in [0, 0.1) is 0 Å². The van der Waals surface area contributed by atoms with Gasteiger partial charge in [0.15, 0.2) is 6.10 Å². The van der Waals surface area contributed by atoms with E-state index in [9.17, 15) is 13.2 Å². The molecule has 1 atom stereocenters. The van der Waals surface area contributed by atoms with Gasteiger partial charge in [0, 0.05) is 6.54 Å². The largest absolute Gasteiger partial charge is 0.420 e. The first-order valence-electron chi connectivity index (χ1n) is 4.76. The van der Waals surface area contributed by atoms with Gasteiger partial charge in [-0.3, -0.25) is 0 Å². The topological polar surface area (TPSA) is 32.3 Å². The second-order valence-electron chi connectivity index (χ2n) is 3.60. The molecule has 0 saturated carbocycles. The van der Waals surface area contributed by atoms with Crippen molar-refractivity contribution in [1.29, 1.82) is 0 Å². The SMILES string of the molecule is OC(C1=Cc2ccccc2CN1)C(F)(F)F. The predicted molar refractivity (Wildman–Crippen MR) is 53.3 cm³/mol. The fraction of sp³-hybridized carbons (Fsp3) is 0.273. The van der Waals surface area contributed by atoms with Crippen LogP contribution < -0.4 is 5.32 Å². The first-order chi connectivity index (χ1) is 7.48. The van der Waals surface area contributed by atoms with E-state index in [1.54, 1.807) is 12.1 Å². The van der Waals surface area contributed by atoms with Gasteiger partial charge in [-0.15, -0.1) is 0 Å². The molecule has 1 aliphatic heterocycles. The molecule has 1 aliphatic rings. The van der Waals surface area contributed by atoms with E-state index >= 15 is 0 Å². The number of hydrogen-bond acceptors (Lipinski definition) is 2. The van der Waals surface area contributed by atoms with E-state index < -0.39 is 12.3 Å². The Morgan fingerprint density at radius 1 is 1.25 bits per heavy atom. The number of rotatable bonds is 1. The van der Waals surface area contributed by atoms with E-state index in [2.05, 4.69) is 5.32 Å². The summed E-state index contributed by atoms with van der Waals surface area (Å²) < 4.78 is 36.8. The molecule has 0 aromatic heterocycles. The van der Waals surface area contributed by atoms with Gasteiger partial charge in [0.1, 0.15) is 0 Å². The van der Waals surface area contributed by atoms with Gasteiger partial charge in [0.2, 0.25) is 0 Å². The van der Waals surface area contributed by atoms with Crippen molar-refractivity contribution in [3.63, 3.8) is 0 Å². The van der Waals surface area contributed by atoms with E-state index in [1.165, 1.54) is 6.08 Å². The monoisotopic (exact) mass is 229 g/mol. The highest BCUT2D eigenvalue weighted by Crippen LogP contribution is 2.28. The maximum absolute atomic E-state index is 12.3. The Labute approximate surface area is 90.4 Å². The number of hydrogen-bond donors (Lipinski definition) is 2. The third-order valence-electron chi connectivity index (χ3n) is 2.45. The number of benzene rings is 1. The van der Waals surface area contributed by atoms with Gasteiger partial charge in [-0.05, 0) is 17.2 Å². The second kappa shape index (κ2) is 3.83. The molecule has 0 fully saturated rings. The number of aliphatic hydroxyl groups is 1. The average Bonchev–Trinajstić information content (AvgIpc) is 2.26. The summed E-state index contributed by atoms with van der Waals surface area (Å²) in [4.78, 5) is 0. The third kappa shape index (κ3) is 2.04. The van der Waals surface area contributed by atoms with Crippen LogP contribution in [0.15, 0.2) is 30.0 Å². The summed E-state index contributed by atoms with van der Waals surface area (Å²) in [5, 5.41) is 11.7. The standard InChI is InChI=1S/C11H10F3NO/c12-11(13,14)10(16)9-5-7-3-1-2-4-8(7)6-15-9/h1-5,10,15-16H,6H2. The minimum atomic E-state index is -4.63. The highest BCUT2D eigenvalue weighted by molar-refractivity contribution is 5.59. The van der Waals surface area contributed by atoms with E-state index in [1.807, 2.05) is 12.1 Å². The molecule has 1 aromatic rings. The Morgan fingerprint density at radius 3 is 2.62 bits per heavy atom. The number of fused-ring (bicyclic) bond motifs is 1. The van der Waals surface area contributed by atoms with Crippen LogP contribution >= 0.6 is 0 Å². The summed E-state index contributed by atoms with van der Waals surface area (Å²) in [6.45, 7) is 0.301. The minimum absolute atomic E-state index is 0.203. The Morgan fingerprint density at radius 2 is 1.94 bits per heavy atom. The quantitative estimate of drug-likeness (QED) is 0.772. The fourth-order valence-electron chi connectivity index (χ4n) is 1.60. The summed E-state index contributed by atoms with van der Waals surface area (Å²) >= 11 is 0. The van der Waals surface area contributed by atoms with Crippen LogP contribution in [0.1, 0.15) is 11.1 Å². The zero-order chi connectivity index (χ0) is 11.8. The summed E-state index contributed by atoms with van der Waals surface area (Å²) in [6, 6.07) is 7.12. The molecule has 0 radical (unpaired) electrons. The predicted octanol–water partition coefficient (Wildman–Crippen LogP) is 2.05. The molecule has 1 heterocycles. The van der Waals surface area contributed by atoms with E-state index in [0.717, 1.165) is 5.56 Å². The van der Waals surface area contributed by atoms with Crippen molar-refractivity contribution in [3.05, 3.63) is 41.1 Å². The zero-order valence-electron chi connectivity index (χ0n) is 8.25. The molecular formula is C11H10F3NO. The molecule has 2 rings (SSSR count). The van der Waals surface area contributed by atoms with Crippen LogP contribution in [-0.4, -0.2) is 17.4 Å². The normalized spacial score (nSPS) is 17.1. The lowest BCUT2D eigenvalue weighted by Gasteiger charge is -2.23. The Balaban J connectivity index is 2.31. The van der Waals surface area contributed by atoms with Crippen molar-refractivity contribution in [2.45, 2.75) is 18.8 Å². The highest BCUT2D eigenvalue weighted by atomic mass is 19.4. The van der Waals surface area contributed by atoms with E-state index in [4.69, 9.17) is 5.11 Å². The fourth-order valence-corrected chi connectivity index (χ4v) is 1.60. The first kappa shape index (κ1) is 11.0. The molecule has 2 N–H and O–H groups in total. The lowest BCUT2D eigenvalue weighted by molar-refractivity contribution is -0.192. The molecule has 0 aliphatic carbocycles. The van der Waals surface area contributed by atoms with Gasteiger partial charge in [-0.25, -0.2) is 0 Å². The van der Waals surface area contributed by atoms with Crippen molar-refractivity contribution < 1.29 is 18.3 Å². The number of alkyl halides is 3. The average molecular weight is 229 g/mol. The maximum Gasteiger partial charge on any atom is 0.420 e. The van der Waals surface area contributed by atoms with Crippen molar-refractivity contribution in [2.75, 3.05) is 0 Å². The Bertz CT molecular complexity index is 425. The molecule has 16 heavy (non-hydrogen) atoms. The number of halogens is 3. The summed E-state index contributed by atoms with van der Waals surface area (Å²) in [5.41, 5.74) is 1.42. The molecule has 0 spiro atoms. The van der Waals surface area contributed by atoms with E-state index in [-0.39, 0.29) is 5.70 Å². The van der Waals surface area contributed by atoms with Gasteiger partial charge < -0.3 is 10.4 Å². The first-order valence-corrected chi connectivity index (χ1v) is 4.76. The van der Waals surface area contributed by atoms with Crippen LogP contribution in [0.3, 0.4) is 0 Å². The number of nitrogens with one attached hydrogen (secondary N) is 1. The molecule has 0 bridgehead atoms. The zero-order valence-corrected chi connectivity index (χ0v) is 8.25. The van der Waals surface area contributed by atoms with Gasteiger partial charge >= 0.3 is 6.18 Å². The van der Waals surface area contributed by atoms with Gasteiger partial charge in [0.25, 0.3) is 0 Å². The summed E-state index contributed by atoms with van der Waals surface area (Å²) in [5.74, 6) is 0. The molecular weight excluding hydrogens is 219 g/mol. The van der Waals surface area contributed by atoms with Gasteiger partial charge in [0.05, 0.1) is 5.70 Å². The van der Waals surface area contributed by atoms with Crippen LogP contribution in [0.4, 0.5) is 13.2 Å². The van der Waals surface area contributed by atoms with Crippen LogP contribution in [-0.2, 0) is 6.54 Å². The maximum atomic E-state index is 12.3. The van der Waals surface area contributed by atoms with Crippen molar-refractivity contribution in [2.24, 2.45) is 0 Å². The molecule has 1 aromatic carbocycles. The Kier molecular flexibility index (Phi) is 2.63. The second-order valence-corrected chi connectivity index (χ2v) is 3.60. The summed E-state index contributed by atoms with van der Waals surface area (Å²) in [6.07, 6.45) is -5.75. The molecule has 0 amide bonds. The molecule has 2 nitrogen and oxygen atoms in total. The van der Waals surface area contributed by atoms with E-state index in [0.29, 0.717) is 12.1 Å². The lowest BCUT2D eigenvalue weighted by atomic mass is 10.0. The molecule has 1 unspecified atom stereocenters. The molecule has 86 valence electrons. The number of aliphatic hydroxyl groups excluding tert-OH is 1. The Hall–Kier alpha value is -1.49. The lowest BCUT2D eigenvalue weighted by Crippen LogP contribution is -2.37. The molecule has 0 saturated heterocycles. The van der Waals surface area contributed by atoms with Gasteiger partial charge in [-0.2, -0.15) is 13.2 Å². The minimum Gasteiger partial charge on any atom is -0.382 e. The van der Waals surface area contributed by atoms with Crippen molar-refractivity contribution in [3.8, 4) is 0 Å². The van der Waals surface area contributed by atoms with Crippen molar-refractivity contribution in [1.82, 2.24) is 5.32 Å². The third-order valence-corrected chi connectivity index (χ3v) is 2.45. The summed E-state index contributed by atoms with van der Waals surface area (Å²) in [7, 11) is 0. The van der Waals surface area contributed by atoms with Crippen molar-refractivity contribution >= 4 is 6.08 Å². The van der Waals surface area contributed by atoms with Crippen LogP contribution in [0.2, 0.25) is 0 Å². The van der Waals surface area contributed by atoms with Gasteiger partial charge in [-0.1, -0.05) is 24.3 Å². The smallest absolute Gasteiger partial charge is 0.382 e. The molecule has 5 heteroatoms. The van der Waals surface area contributed by atoms with Crippen LogP contribution in [0.25, 0.3) is 6.08 Å². The highest BCUT2D eigenvalue weighted by Gasteiger charge is 2.41.